The number of ether oxygens (including phenoxy) is 1. The second-order valence-electron chi connectivity index (χ2n) is 3.86. The van der Waals surface area contributed by atoms with Gasteiger partial charge in [-0.25, -0.2) is 0 Å². The number of hydrogen-bond acceptors (Lipinski definition) is 3. The average molecular weight is 200 g/mol. The van der Waals surface area contributed by atoms with Crippen molar-refractivity contribution in [2.24, 2.45) is 5.73 Å². The van der Waals surface area contributed by atoms with Gasteiger partial charge in [0.15, 0.2) is 0 Å². The molecule has 4 nitrogen and oxygen atoms in total. The molecule has 0 radical (unpaired) electrons. The van der Waals surface area contributed by atoms with Gasteiger partial charge in [-0.2, -0.15) is 0 Å². The fourth-order valence-corrected chi connectivity index (χ4v) is 1.95. The summed E-state index contributed by atoms with van der Waals surface area (Å²) in [5.41, 5.74) is 5.35. The van der Waals surface area contributed by atoms with Gasteiger partial charge in [-0.15, -0.1) is 0 Å². The highest BCUT2D eigenvalue weighted by Gasteiger charge is 2.25. The topological polar surface area (TPSA) is 55.6 Å². The van der Waals surface area contributed by atoms with E-state index in [0.29, 0.717) is 0 Å². The lowest BCUT2D eigenvalue weighted by Gasteiger charge is -2.28. The van der Waals surface area contributed by atoms with Gasteiger partial charge in [-0.1, -0.05) is 6.92 Å². The number of primary amides is 1. The number of carbonyl (C=O) groups excluding carboxylic acids is 1. The quantitative estimate of drug-likeness (QED) is 0.715. The monoisotopic (exact) mass is 200 g/mol. The van der Waals surface area contributed by atoms with E-state index >= 15 is 0 Å². The first-order chi connectivity index (χ1) is 6.65. The Bertz CT molecular complexity index is 197. The van der Waals surface area contributed by atoms with E-state index in [1.807, 2.05) is 13.8 Å². The van der Waals surface area contributed by atoms with Crippen LogP contribution in [0.15, 0.2) is 0 Å². The van der Waals surface area contributed by atoms with Crippen LogP contribution in [0.25, 0.3) is 0 Å². The van der Waals surface area contributed by atoms with Crippen LogP contribution in [0.1, 0.15) is 26.7 Å². The smallest absolute Gasteiger partial charge is 0.234 e. The van der Waals surface area contributed by atoms with Crippen molar-refractivity contribution >= 4 is 5.91 Å². The molecule has 1 saturated heterocycles. The zero-order valence-corrected chi connectivity index (χ0v) is 9.03. The van der Waals surface area contributed by atoms with Crippen LogP contribution in [-0.2, 0) is 9.53 Å². The van der Waals surface area contributed by atoms with Crippen molar-refractivity contribution in [3.63, 3.8) is 0 Å². The van der Waals surface area contributed by atoms with Crippen molar-refractivity contribution in [2.75, 3.05) is 19.7 Å². The van der Waals surface area contributed by atoms with E-state index < -0.39 is 0 Å². The van der Waals surface area contributed by atoms with Gasteiger partial charge in [0.05, 0.1) is 12.1 Å². The minimum Gasteiger partial charge on any atom is -0.377 e. The summed E-state index contributed by atoms with van der Waals surface area (Å²) in [7, 11) is 0. The van der Waals surface area contributed by atoms with Gasteiger partial charge in [0, 0.05) is 19.7 Å². The molecule has 2 N–H and O–H groups in total. The number of nitrogens with two attached hydrogens (primary N) is 1. The standard InChI is InChI=1S/C10H20N2O2/c1-3-9(10(11)13)12-5-4-6-14-8(2)7-12/h8-9H,3-7H2,1-2H3,(H2,11,13). The molecule has 1 amide bonds. The Morgan fingerprint density at radius 3 is 3.00 bits per heavy atom. The third-order valence-electron chi connectivity index (χ3n) is 2.64. The van der Waals surface area contributed by atoms with Crippen LogP contribution >= 0.6 is 0 Å². The summed E-state index contributed by atoms with van der Waals surface area (Å²) in [5, 5.41) is 0. The second kappa shape index (κ2) is 5.32. The summed E-state index contributed by atoms with van der Waals surface area (Å²) in [6.07, 6.45) is 1.96. The zero-order valence-electron chi connectivity index (χ0n) is 9.03. The van der Waals surface area contributed by atoms with Crippen LogP contribution in [0.2, 0.25) is 0 Å². The first-order valence-corrected chi connectivity index (χ1v) is 5.30. The van der Waals surface area contributed by atoms with Gasteiger partial charge in [0.1, 0.15) is 0 Å². The number of hydrogen-bond donors (Lipinski definition) is 1. The van der Waals surface area contributed by atoms with Gasteiger partial charge in [-0.05, 0) is 19.8 Å². The zero-order chi connectivity index (χ0) is 10.6. The van der Waals surface area contributed by atoms with Crippen molar-refractivity contribution in [3.05, 3.63) is 0 Å². The summed E-state index contributed by atoms with van der Waals surface area (Å²) in [4.78, 5) is 13.3. The molecular weight excluding hydrogens is 180 g/mol. The maximum atomic E-state index is 11.2. The van der Waals surface area contributed by atoms with E-state index in [1.54, 1.807) is 0 Å². The SMILES string of the molecule is CCC(C(N)=O)N1CCCOC(C)C1. The van der Waals surface area contributed by atoms with Gasteiger partial charge in [-0.3, -0.25) is 9.69 Å². The normalized spacial score (nSPS) is 26.9. The lowest BCUT2D eigenvalue weighted by Crippen LogP contribution is -2.46. The molecule has 0 spiro atoms. The van der Waals surface area contributed by atoms with E-state index in [0.717, 1.165) is 32.5 Å². The Morgan fingerprint density at radius 2 is 2.43 bits per heavy atom. The number of amides is 1. The minimum atomic E-state index is -0.221. The van der Waals surface area contributed by atoms with Crippen molar-refractivity contribution in [3.8, 4) is 0 Å². The van der Waals surface area contributed by atoms with E-state index in [1.165, 1.54) is 0 Å². The Hall–Kier alpha value is -0.610. The van der Waals surface area contributed by atoms with E-state index in [9.17, 15) is 4.79 Å². The third kappa shape index (κ3) is 2.96. The summed E-state index contributed by atoms with van der Waals surface area (Å²) < 4.78 is 5.51. The summed E-state index contributed by atoms with van der Waals surface area (Å²) in [5.74, 6) is -0.221. The molecule has 0 bridgehead atoms. The first kappa shape index (κ1) is 11.5. The molecule has 4 heteroatoms. The number of rotatable bonds is 3. The van der Waals surface area contributed by atoms with Crippen LogP contribution < -0.4 is 5.73 Å². The third-order valence-corrected chi connectivity index (χ3v) is 2.64. The Labute approximate surface area is 85.4 Å². The lowest BCUT2D eigenvalue weighted by atomic mass is 10.1. The molecule has 0 aliphatic carbocycles. The molecule has 1 aliphatic heterocycles. The first-order valence-electron chi connectivity index (χ1n) is 5.30. The molecule has 0 aromatic rings. The van der Waals surface area contributed by atoms with Crippen LogP contribution in [0.4, 0.5) is 0 Å². The molecule has 1 heterocycles. The van der Waals surface area contributed by atoms with Crippen molar-refractivity contribution in [1.82, 2.24) is 4.90 Å². The summed E-state index contributed by atoms with van der Waals surface area (Å²) in [6, 6.07) is -0.126. The molecular formula is C10H20N2O2. The van der Waals surface area contributed by atoms with Crippen LogP contribution in [-0.4, -0.2) is 42.6 Å². The maximum absolute atomic E-state index is 11.2. The predicted octanol–water partition coefficient (Wildman–Crippen LogP) is 0.361. The highest BCUT2D eigenvalue weighted by Crippen LogP contribution is 2.11. The molecule has 2 unspecified atom stereocenters. The largest absolute Gasteiger partial charge is 0.377 e. The van der Waals surface area contributed by atoms with E-state index in [2.05, 4.69) is 4.90 Å². The molecule has 1 fully saturated rings. The Balaban J connectivity index is 2.58. The molecule has 0 aromatic heterocycles. The van der Waals surface area contributed by atoms with Gasteiger partial charge in [0.2, 0.25) is 5.91 Å². The lowest BCUT2D eigenvalue weighted by molar-refractivity contribution is -0.123. The van der Waals surface area contributed by atoms with E-state index in [4.69, 9.17) is 10.5 Å². The van der Waals surface area contributed by atoms with Crippen LogP contribution in [0, 0.1) is 0 Å². The second-order valence-corrected chi connectivity index (χ2v) is 3.86. The maximum Gasteiger partial charge on any atom is 0.234 e. The van der Waals surface area contributed by atoms with Gasteiger partial charge in [0.25, 0.3) is 0 Å². The Morgan fingerprint density at radius 1 is 1.71 bits per heavy atom. The highest BCUT2D eigenvalue weighted by molar-refractivity contribution is 5.79. The molecule has 82 valence electrons. The molecule has 1 rings (SSSR count). The van der Waals surface area contributed by atoms with Gasteiger partial charge < -0.3 is 10.5 Å². The summed E-state index contributed by atoms with van der Waals surface area (Å²) in [6.45, 7) is 6.53. The molecule has 1 aliphatic rings. The number of nitrogens with zero attached hydrogens (tertiary/aromatic N) is 1. The molecule has 2 atom stereocenters. The van der Waals surface area contributed by atoms with Crippen LogP contribution in [0.3, 0.4) is 0 Å². The molecule has 0 aromatic carbocycles. The fraction of sp³-hybridized carbons (Fsp3) is 0.900. The fourth-order valence-electron chi connectivity index (χ4n) is 1.95. The van der Waals surface area contributed by atoms with Crippen LogP contribution in [0.5, 0.6) is 0 Å². The predicted molar refractivity (Wildman–Crippen MR) is 54.9 cm³/mol. The van der Waals surface area contributed by atoms with Crippen molar-refractivity contribution in [2.45, 2.75) is 38.8 Å². The average Bonchev–Trinajstić information content (AvgIpc) is 2.31. The van der Waals surface area contributed by atoms with Crippen molar-refractivity contribution < 1.29 is 9.53 Å². The molecule has 0 saturated carbocycles. The van der Waals surface area contributed by atoms with Gasteiger partial charge >= 0.3 is 0 Å². The van der Waals surface area contributed by atoms with E-state index in [-0.39, 0.29) is 18.1 Å². The Kier molecular flexibility index (Phi) is 4.35. The highest BCUT2D eigenvalue weighted by atomic mass is 16.5. The van der Waals surface area contributed by atoms with Crippen molar-refractivity contribution in [1.29, 1.82) is 0 Å². The summed E-state index contributed by atoms with van der Waals surface area (Å²) >= 11 is 0. The molecule has 14 heavy (non-hydrogen) atoms. The minimum absolute atomic E-state index is 0.126. The number of carbonyl (C=O) groups is 1.